The smallest absolute Gasteiger partial charge is 0.318 e. The van der Waals surface area contributed by atoms with Crippen LogP contribution in [0.5, 0.6) is 0 Å². The first-order valence-corrected chi connectivity index (χ1v) is 7.63. The first-order valence-electron chi connectivity index (χ1n) is 5.96. The van der Waals surface area contributed by atoms with Crippen LogP contribution in [0.2, 0.25) is 0 Å². The monoisotopic (exact) mass is 331 g/mol. The molecule has 100 valence electrons. The van der Waals surface area contributed by atoms with Crippen molar-refractivity contribution in [2.75, 3.05) is 13.1 Å². The maximum Gasteiger partial charge on any atom is 0.318 e. The number of nitrogens with two attached hydrogens (primary N) is 1. The Balaban J connectivity index is 2.12. The standard InChI is InChI=1S/C12H18BrN3OS/c1-12(2,3-4-14)16-6-9(15-11(16)17)10-5-8(13)7-18-10/h5,7,9H,3-4,6,14H2,1-2H3,(H,15,17). The topological polar surface area (TPSA) is 58.4 Å². The molecule has 0 radical (unpaired) electrons. The van der Waals surface area contributed by atoms with Gasteiger partial charge in [0.2, 0.25) is 0 Å². The number of thiophene rings is 1. The molecule has 1 atom stereocenters. The van der Waals surface area contributed by atoms with Crippen LogP contribution in [0.1, 0.15) is 31.2 Å². The Morgan fingerprint density at radius 3 is 2.94 bits per heavy atom. The van der Waals surface area contributed by atoms with Gasteiger partial charge >= 0.3 is 6.03 Å². The van der Waals surface area contributed by atoms with Gasteiger partial charge in [0.05, 0.1) is 6.04 Å². The Kier molecular flexibility index (Phi) is 3.99. The Morgan fingerprint density at radius 2 is 2.39 bits per heavy atom. The van der Waals surface area contributed by atoms with E-state index < -0.39 is 0 Å². The molecular weight excluding hydrogens is 314 g/mol. The van der Waals surface area contributed by atoms with Crippen LogP contribution in [0.4, 0.5) is 4.79 Å². The molecule has 0 aromatic carbocycles. The summed E-state index contributed by atoms with van der Waals surface area (Å²) in [5, 5.41) is 5.07. The SMILES string of the molecule is CC(C)(CCN)N1CC(c2cc(Br)cs2)NC1=O. The van der Waals surface area contributed by atoms with E-state index in [1.807, 2.05) is 10.3 Å². The normalized spacial score (nSPS) is 20.3. The van der Waals surface area contributed by atoms with Crippen molar-refractivity contribution in [3.63, 3.8) is 0 Å². The van der Waals surface area contributed by atoms with Crippen molar-refractivity contribution in [1.82, 2.24) is 10.2 Å². The average Bonchev–Trinajstić information content (AvgIpc) is 2.84. The van der Waals surface area contributed by atoms with Crippen LogP contribution in [-0.2, 0) is 0 Å². The maximum atomic E-state index is 12.1. The molecule has 2 amide bonds. The molecular formula is C12H18BrN3OS. The number of rotatable bonds is 4. The van der Waals surface area contributed by atoms with Gasteiger partial charge in [-0.15, -0.1) is 11.3 Å². The fraction of sp³-hybridized carbons (Fsp3) is 0.583. The summed E-state index contributed by atoms with van der Waals surface area (Å²) in [7, 11) is 0. The van der Waals surface area contributed by atoms with Crippen molar-refractivity contribution in [2.24, 2.45) is 5.73 Å². The quantitative estimate of drug-likeness (QED) is 0.891. The number of carbonyl (C=O) groups excluding carboxylic acids is 1. The van der Waals surface area contributed by atoms with Crippen LogP contribution < -0.4 is 11.1 Å². The second-order valence-electron chi connectivity index (χ2n) is 5.13. The highest BCUT2D eigenvalue weighted by atomic mass is 79.9. The summed E-state index contributed by atoms with van der Waals surface area (Å²) < 4.78 is 1.07. The Bertz CT molecular complexity index is 446. The molecule has 1 unspecified atom stereocenters. The summed E-state index contributed by atoms with van der Waals surface area (Å²) in [5.74, 6) is 0. The third kappa shape index (κ3) is 2.70. The molecule has 1 fully saturated rings. The largest absolute Gasteiger partial charge is 0.330 e. The van der Waals surface area contributed by atoms with Crippen LogP contribution in [0.15, 0.2) is 15.9 Å². The van der Waals surface area contributed by atoms with Gasteiger partial charge in [0.15, 0.2) is 0 Å². The molecule has 1 saturated heterocycles. The fourth-order valence-electron chi connectivity index (χ4n) is 2.22. The molecule has 1 aliphatic heterocycles. The van der Waals surface area contributed by atoms with Crippen molar-refractivity contribution in [1.29, 1.82) is 0 Å². The minimum Gasteiger partial charge on any atom is -0.330 e. The van der Waals surface area contributed by atoms with Gasteiger partial charge in [0, 0.05) is 26.8 Å². The lowest BCUT2D eigenvalue weighted by Gasteiger charge is -2.34. The number of amides is 2. The molecule has 18 heavy (non-hydrogen) atoms. The van der Waals surface area contributed by atoms with Crippen LogP contribution in [0, 0.1) is 0 Å². The number of carbonyl (C=O) groups is 1. The molecule has 0 spiro atoms. The van der Waals surface area contributed by atoms with Gasteiger partial charge in [-0.3, -0.25) is 0 Å². The van der Waals surface area contributed by atoms with E-state index in [2.05, 4.69) is 41.2 Å². The second-order valence-corrected chi connectivity index (χ2v) is 6.99. The van der Waals surface area contributed by atoms with Crippen molar-refractivity contribution in [3.8, 4) is 0 Å². The molecule has 2 heterocycles. The number of halogens is 1. The summed E-state index contributed by atoms with van der Waals surface area (Å²) >= 11 is 5.10. The highest BCUT2D eigenvalue weighted by Crippen LogP contribution is 2.32. The van der Waals surface area contributed by atoms with Gasteiger partial charge in [0.25, 0.3) is 0 Å². The molecule has 1 aromatic heterocycles. The maximum absolute atomic E-state index is 12.1. The number of hydrogen-bond donors (Lipinski definition) is 2. The predicted octanol–water partition coefficient (Wildman–Crippen LogP) is 2.70. The summed E-state index contributed by atoms with van der Waals surface area (Å²) in [4.78, 5) is 15.1. The average molecular weight is 332 g/mol. The van der Waals surface area contributed by atoms with E-state index in [0.717, 1.165) is 10.9 Å². The zero-order valence-electron chi connectivity index (χ0n) is 10.6. The highest BCUT2D eigenvalue weighted by molar-refractivity contribution is 9.10. The van der Waals surface area contributed by atoms with Crippen LogP contribution in [-0.4, -0.2) is 29.6 Å². The van der Waals surface area contributed by atoms with E-state index in [0.29, 0.717) is 13.1 Å². The molecule has 0 saturated carbocycles. The molecule has 1 aliphatic rings. The van der Waals surface area contributed by atoms with E-state index in [9.17, 15) is 4.79 Å². The second kappa shape index (κ2) is 5.19. The van der Waals surface area contributed by atoms with Gasteiger partial charge in [-0.05, 0) is 48.8 Å². The molecule has 0 aliphatic carbocycles. The first kappa shape index (κ1) is 13.8. The van der Waals surface area contributed by atoms with Gasteiger partial charge < -0.3 is 16.0 Å². The van der Waals surface area contributed by atoms with Crippen LogP contribution >= 0.6 is 27.3 Å². The lowest BCUT2D eigenvalue weighted by atomic mass is 9.98. The third-order valence-corrected chi connectivity index (χ3v) is 5.13. The molecule has 1 aromatic rings. The van der Waals surface area contributed by atoms with E-state index >= 15 is 0 Å². The molecule has 0 bridgehead atoms. The van der Waals surface area contributed by atoms with E-state index in [1.165, 1.54) is 4.88 Å². The van der Waals surface area contributed by atoms with Crippen molar-refractivity contribution in [2.45, 2.75) is 31.8 Å². The van der Waals surface area contributed by atoms with Crippen LogP contribution in [0.3, 0.4) is 0 Å². The van der Waals surface area contributed by atoms with Crippen molar-refractivity contribution < 1.29 is 4.79 Å². The lowest BCUT2D eigenvalue weighted by Crippen LogP contribution is -2.46. The minimum atomic E-state index is -0.192. The van der Waals surface area contributed by atoms with Gasteiger partial charge in [-0.1, -0.05) is 0 Å². The Labute approximate surface area is 120 Å². The third-order valence-electron chi connectivity index (χ3n) is 3.33. The number of nitrogens with one attached hydrogen (secondary N) is 1. The fourth-order valence-corrected chi connectivity index (χ4v) is 3.71. The zero-order chi connectivity index (χ0) is 13.3. The number of hydrogen-bond acceptors (Lipinski definition) is 3. The van der Waals surface area contributed by atoms with E-state index in [4.69, 9.17) is 5.73 Å². The Morgan fingerprint density at radius 1 is 1.67 bits per heavy atom. The number of nitrogens with zero attached hydrogens (tertiary/aromatic N) is 1. The van der Waals surface area contributed by atoms with Crippen LogP contribution in [0.25, 0.3) is 0 Å². The van der Waals surface area contributed by atoms with Gasteiger partial charge in [-0.2, -0.15) is 0 Å². The number of urea groups is 1. The highest BCUT2D eigenvalue weighted by Gasteiger charge is 2.38. The first-order chi connectivity index (χ1) is 8.44. The lowest BCUT2D eigenvalue weighted by molar-refractivity contribution is 0.153. The van der Waals surface area contributed by atoms with E-state index in [1.54, 1.807) is 11.3 Å². The summed E-state index contributed by atoms with van der Waals surface area (Å²) in [6.45, 7) is 5.42. The van der Waals surface area contributed by atoms with Crippen molar-refractivity contribution >= 4 is 33.3 Å². The van der Waals surface area contributed by atoms with Crippen molar-refractivity contribution in [3.05, 3.63) is 20.8 Å². The predicted molar refractivity (Wildman–Crippen MR) is 77.7 cm³/mol. The summed E-state index contributed by atoms with van der Waals surface area (Å²) in [6, 6.07) is 2.16. The Hall–Kier alpha value is -0.590. The van der Waals surface area contributed by atoms with Gasteiger partial charge in [0.1, 0.15) is 0 Å². The minimum absolute atomic E-state index is 0.00275. The summed E-state index contributed by atoms with van der Waals surface area (Å²) in [6.07, 6.45) is 0.807. The molecule has 2 rings (SSSR count). The zero-order valence-corrected chi connectivity index (χ0v) is 13.0. The summed E-state index contributed by atoms with van der Waals surface area (Å²) in [5.41, 5.74) is 5.42. The molecule has 6 heteroatoms. The molecule has 4 nitrogen and oxygen atoms in total. The van der Waals surface area contributed by atoms with Gasteiger partial charge in [-0.25, -0.2) is 4.79 Å². The molecule has 3 N–H and O–H groups in total. The van der Waals surface area contributed by atoms with E-state index in [-0.39, 0.29) is 17.6 Å².